The second kappa shape index (κ2) is 10.7. The summed E-state index contributed by atoms with van der Waals surface area (Å²) in [4.78, 5) is 37.1. The minimum atomic E-state index is -0.725. The van der Waals surface area contributed by atoms with Gasteiger partial charge >= 0.3 is 5.97 Å². The van der Waals surface area contributed by atoms with E-state index in [-0.39, 0.29) is 11.3 Å². The normalized spacial score (nSPS) is 10.3. The third-order valence-corrected chi connectivity index (χ3v) is 5.47. The lowest BCUT2D eigenvalue weighted by Gasteiger charge is -2.14. The first kappa shape index (κ1) is 24.7. The molecule has 32 heavy (non-hydrogen) atoms. The maximum Gasteiger partial charge on any atom is 0.325 e. The highest BCUT2D eigenvalue weighted by Crippen LogP contribution is 2.38. The summed E-state index contributed by atoms with van der Waals surface area (Å²) < 4.78 is 20.7. The topological polar surface area (TPSA) is 100 Å². The standard InChI is InChI=1S/C24H29NO7/c1-13-8-18(16(4)15(3)14(13)2)19(26)12-32-22(27)11-25-24(28)17-9-20(29-5)23(31-7)21(10-17)30-6/h8-10H,11-12H2,1-7H3,(H,25,28). The number of amides is 1. The van der Waals surface area contributed by atoms with Crippen LogP contribution in [0.5, 0.6) is 17.2 Å². The molecule has 2 aromatic rings. The van der Waals surface area contributed by atoms with E-state index in [1.165, 1.54) is 33.5 Å². The minimum Gasteiger partial charge on any atom is -0.493 e. The highest BCUT2D eigenvalue weighted by Gasteiger charge is 2.19. The number of aryl methyl sites for hydroxylation is 1. The number of Topliss-reactive ketones (excluding diaryl/α,β-unsaturated/α-hetero) is 1. The molecule has 0 aliphatic rings. The Morgan fingerprint density at radius 1 is 0.812 bits per heavy atom. The molecule has 8 heteroatoms. The van der Waals surface area contributed by atoms with Gasteiger partial charge < -0.3 is 24.3 Å². The molecule has 0 saturated heterocycles. The molecule has 0 aromatic heterocycles. The predicted octanol–water partition coefficient (Wildman–Crippen LogP) is 3.10. The largest absolute Gasteiger partial charge is 0.493 e. The predicted molar refractivity (Wildman–Crippen MR) is 119 cm³/mol. The SMILES string of the molecule is COc1cc(C(=O)NCC(=O)OCC(=O)c2cc(C)c(C)c(C)c2C)cc(OC)c1OC. The molecule has 0 fully saturated rings. The minimum absolute atomic E-state index is 0.213. The van der Waals surface area contributed by atoms with Crippen molar-refractivity contribution >= 4 is 17.7 Å². The Labute approximate surface area is 187 Å². The van der Waals surface area contributed by atoms with E-state index in [9.17, 15) is 14.4 Å². The molecule has 172 valence electrons. The molecule has 0 atom stereocenters. The number of ether oxygens (including phenoxy) is 4. The lowest BCUT2D eigenvalue weighted by Crippen LogP contribution is -2.31. The molecule has 1 amide bonds. The first-order valence-corrected chi connectivity index (χ1v) is 9.99. The number of benzene rings is 2. The van der Waals surface area contributed by atoms with Crippen molar-refractivity contribution in [3.63, 3.8) is 0 Å². The van der Waals surface area contributed by atoms with Crippen LogP contribution in [-0.4, -0.2) is 52.1 Å². The van der Waals surface area contributed by atoms with E-state index >= 15 is 0 Å². The second-order valence-electron chi connectivity index (χ2n) is 7.30. The van der Waals surface area contributed by atoms with Crippen molar-refractivity contribution in [2.45, 2.75) is 27.7 Å². The van der Waals surface area contributed by atoms with Gasteiger partial charge in [0, 0.05) is 11.1 Å². The van der Waals surface area contributed by atoms with Crippen LogP contribution in [-0.2, 0) is 9.53 Å². The van der Waals surface area contributed by atoms with E-state index in [0.29, 0.717) is 22.8 Å². The molecule has 2 aromatic carbocycles. The molecule has 1 N–H and O–H groups in total. The molecule has 0 aliphatic heterocycles. The van der Waals surface area contributed by atoms with E-state index in [4.69, 9.17) is 18.9 Å². The van der Waals surface area contributed by atoms with Crippen LogP contribution in [0.25, 0.3) is 0 Å². The number of rotatable bonds is 9. The molecule has 0 spiro atoms. The molecular formula is C24H29NO7. The number of nitrogens with one attached hydrogen (secondary N) is 1. The third-order valence-electron chi connectivity index (χ3n) is 5.47. The van der Waals surface area contributed by atoms with Gasteiger partial charge in [-0.15, -0.1) is 0 Å². The number of hydrogen-bond acceptors (Lipinski definition) is 7. The van der Waals surface area contributed by atoms with Crippen molar-refractivity contribution in [1.29, 1.82) is 0 Å². The van der Waals surface area contributed by atoms with Crippen molar-refractivity contribution in [2.75, 3.05) is 34.5 Å². The van der Waals surface area contributed by atoms with Crippen LogP contribution in [0.15, 0.2) is 18.2 Å². The summed E-state index contributed by atoms with van der Waals surface area (Å²) in [5.41, 5.74) is 4.78. The Kier molecular flexibility index (Phi) is 8.23. The zero-order valence-electron chi connectivity index (χ0n) is 19.5. The van der Waals surface area contributed by atoms with Crippen LogP contribution >= 0.6 is 0 Å². The van der Waals surface area contributed by atoms with Crippen LogP contribution in [0.1, 0.15) is 43.0 Å². The van der Waals surface area contributed by atoms with Crippen molar-refractivity contribution in [3.05, 3.63) is 51.6 Å². The Hall–Kier alpha value is -3.55. The fraction of sp³-hybridized carbons (Fsp3) is 0.375. The van der Waals surface area contributed by atoms with Gasteiger partial charge in [0.2, 0.25) is 11.5 Å². The first-order valence-electron chi connectivity index (χ1n) is 9.99. The Balaban J connectivity index is 1.99. The van der Waals surface area contributed by atoms with Crippen molar-refractivity contribution < 1.29 is 33.3 Å². The van der Waals surface area contributed by atoms with Crippen LogP contribution in [0.2, 0.25) is 0 Å². The van der Waals surface area contributed by atoms with E-state index in [2.05, 4.69) is 5.32 Å². The van der Waals surface area contributed by atoms with Gasteiger partial charge in [0.15, 0.2) is 18.1 Å². The zero-order valence-corrected chi connectivity index (χ0v) is 19.5. The van der Waals surface area contributed by atoms with Crippen LogP contribution in [0.4, 0.5) is 0 Å². The van der Waals surface area contributed by atoms with Gasteiger partial charge in [-0.1, -0.05) is 0 Å². The molecule has 2 rings (SSSR count). The fourth-order valence-electron chi connectivity index (χ4n) is 3.24. The quantitative estimate of drug-likeness (QED) is 0.469. The molecule has 0 saturated carbocycles. The summed E-state index contributed by atoms with van der Waals surface area (Å²) in [5, 5.41) is 2.46. The van der Waals surface area contributed by atoms with E-state index in [1.54, 1.807) is 6.07 Å². The Bertz CT molecular complexity index is 1020. The Morgan fingerprint density at radius 3 is 1.94 bits per heavy atom. The van der Waals surface area contributed by atoms with Crippen LogP contribution in [0.3, 0.4) is 0 Å². The van der Waals surface area contributed by atoms with Gasteiger partial charge in [-0.3, -0.25) is 14.4 Å². The highest BCUT2D eigenvalue weighted by atomic mass is 16.5. The second-order valence-corrected chi connectivity index (χ2v) is 7.30. The number of carbonyl (C=O) groups is 3. The lowest BCUT2D eigenvalue weighted by atomic mass is 9.93. The average molecular weight is 443 g/mol. The molecule has 0 radical (unpaired) electrons. The van der Waals surface area contributed by atoms with Crippen molar-refractivity contribution in [2.24, 2.45) is 0 Å². The average Bonchev–Trinajstić information content (AvgIpc) is 2.80. The van der Waals surface area contributed by atoms with E-state index in [0.717, 1.165) is 22.3 Å². The van der Waals surface area contributed by atoms with Gasteiger partial charge in [0.25, 0.3) is 5.91 Å². The maximum absolute atomic E-state index is 12.5. The summed E-state index contributed by atoms with van der Waals surface area (Å²) in [7, 11) is 4.33. The highest BCUT2D eigenvalue weighted by molar-refractivity contribution is 6.00. The van der Waals surface area contributed by atoms with Crippen LogP contribution in [0, 0.1) is 27.7 Å². The number of carbonyl (C=O) groups excluding carboxylic acids is 3. The summed E-state index contributed by atoms with van der Waals surface area (Å²) in [6, 6.07) is 4.74. The molecule has 0 heterocycles. The molecule has 8 nitrogen and oxygen atoms in total. The zero-order chi connectivity index (χ0) is 24.0. The molecule has 0 unspecified atom stereocenters. The molecular weight excluding hydrogens is 414 g/mol. The monoisotopic (exact) mass is 443 g/mol. The number of methoxy groups -OCH3 is 3. The fourth-order valence-corrected chi connectivity index (χ4v) is 3.24. The van der Waals surface area contributed by atoms with Gasteiger partial charge in [-0.2, -0.15) is 0 Å². The maximum atomic E-state index is 12.5. The van der Waals surface area contributed by atoms with Gasteiger partial charge in [0.1, 0.15) is 6.54 Å². The number of ketones is 1. The number of esters is 1. The van der Waals surface area contributed by atoms with E-state index < -0.39 is 25.0 Å². The third kappa shape index (κ3) is 5.38. The summed E-state index contributed by atoms with van der Waals surface area (Å²) in [5.74, 6) is -0.585. The van der Waals surface area contributed by atoms with Crippen LogP contribution < -0.4 is 19.5 Å². The summed E-state index contributed by atoms with van der Waals surface area (Å²) in [6.45, 7) is 6.97. The van der Waals surface area contributed by atoms with Gasteiger partial charge in [-0.05, 0) is 68.1 Å². The van der Waals surface area contributed by atoms with Crippen molar-refractivity contribution in [1.82, 2.24) is 5.32 Å². The summed E-state index contributed by atoms with van der Waals surface area (Å²) in [6.07, 6.45) is 0. The molecule has 0 aliphatic carbocycles. The molecule has 0 bridgehead atoms. The smallest absolute Gasteiger partial charge is 0.325 e. The lowest BCUT2D eigenvalue weighted by molar-refractivity contribution is -0.141. The van der Waals surface area contributed by atoms with E-state index in [1.807, 2.05) is 27.7 Å². The summed E-state index contributed by atoms with van der Waals surface area (Å²) >= 11 is 0. The van der Waals surface area contributed by atoms with Gasteiger partial charge in [-0.25, -0.2) is 0 Å². The van der Waals surface area contributed by atoms with Gasteiger partial charge in [0.05, 0.1) is 21.3 Å². The van der Waals surface area contributed by atoms with Crippen molar-refractivity contribution in [3.8, 4) is 17.2 Å². The first-order chi connectivity index (χ1) is 15.1. The Morgan fingerprint density at radius 2 is 1.41 bits per heavy atom. The number of hydrogen-bond donors (Lipinski definition) is 1.